The van der Waals surface area contributed by atoms with Crippen LogP contribution in [0.2, 0.25) is 0 Å². The molecule has 2 aliphatic heterocycles. The number of fused-ring (bicyclic) bond motifs is 11. The highest BCUT2D eigenvalue weighted by molar-refractivity contribution is 7.00. The molecule has 0 fully saturated rings. The zero-order chi connectivity index (χ0) is 65.3. The lowest BCUT2D eigenvalue weighted by atomic mass is 9.33. The van der Waals surface area contributed by atoms with Gasteiger partial charge in [-0.2, -0.15) is 0 Å². The van der Waals surface area contributed by atoms with Gasteiger partial charge in [-0.15, -0.1) is 0 Å². The van der Waals surface area contributed by atoms with Crippen molar-refractivity contribution in [2.24, 2.45) is 0 Å². The van der Waals surface area contributed by atoms with Crippen LogP contribution in [0.4, 0.5) is 34.1 Å². The van der Waals surface area contributed by atoms with Crippen LogP contribution in [0, 0.1) is 0 Å². The highest BCUT2D eigenvalue weighted by Gasteiger charge is 2.48. The first-order valence-electron chi connectivity index (χ1n) is 34.0. The fourth-order valence-corrected chi connectivity index (χ4v) is 15.8. The first-order valence-corrected chi connectivity index (χ1v) is 34.0. The van der Waals surface area contributed by atoms with Gasteiger partial charge in [-0.3, -0.25) is 0 Å². The lowest BCUT2D eigenvalue weighted by Gasteiger charge is -2.46. The molecular weight excluding hydrogens is 1170 g/mol. The van der Waals surface area contributed by atoms with Crippen LogP contribution in [0.1, 0.15) is 52.7 Å². The van der Waals surface area contributed by atoms with Crippen molar-refractivity contribution in [2.45, 2.75) is 52.4 Å². The summed E-state index contributed by atoms with van der Waals surface area (Å²) in [5, 5.41) is 4.53. The van der Waals surface area contributed by atoms with Crippen LogP contribution in [0.25, 0.3) is 116 Å². The Morgan fingerprint density at radius 2 is 0.701 bits per heavy atom. The number of para-hydroxylation sites is 5. The van der Waals surface area contributed by atoms with Gasteiger partial charge in [-0.05, 0) is 131 Å². The molecule has 4 nitrogen and oxygen atoms in total. The van der Waals surface area contributed by atoms with Crippen LogP contribution in [0.5, 0.6) is 0 Å². The van der Waals surface area contributed by atoms with Gasteiger partial charge in [0.25, 0.3) is 6.71 Å². The van der Waals surface area contributed by atoms with E-state index in [0.717, 1.165) is 145 Å². The molecule has 0 radical (unpaired) electrons. The maximum atomic E-state index is 7.70. The average Bonchev–Trinajstić information content (AvgIpc) is 1.58. The SMILES string of the molecule is CC(C)(C)c1ccc(-c2cccc(-c3ccc(C(C)(C)C)cc3)c2N2c3ccc(-n4c5ccccc5c5ccccc54)cc3B3c4cc(-c5ccccc5)c(-c5ccccc5)cc4N(c4c(-c5ccccc5)cccc4-c4ccccc4)c4c3c2cc2c4oc3ccccc32)cc1. The van der Waals surface area contributed by atoms with E-state index in [-0.39, 0.29) is 17.5 Å². The molecule has 0 saturated carbocycles. The number of aromatic nitrogens is 1. The first-order chi connectivity index (χ1) is 47.4. The fourth-order valence-electron chi connectivity index (χ4n) is 15.8. The van der Waals surface area contributed by atoms with E-state index >= 15 is 0 Å². The summed E-state index contributed by atoms with van der Waals surface area (Å²) >= 11 is 0. The molecule has 462 valence electrons. The topological polar surface area (TPSA) is 24.6 Å². The average molecular weight is 1240 g/mol. The largest absolute Gasteiger partial charge is 0.454 e. The highest BCUT2D eigenvalue weighted by atomic mass is 16.3. The second kappa shape index (κ2) is 22.5. The Hall–Kier alpha value is -11.7. The van der Waals surface area contributed by atoms with Crippen molar-refractivity contribution in [1.29, 1.82) is 0 Å². The second-order valence-electron chi connectivity index (χ2n) is 28.3. The summed E-state index contributed by atoms with van der Waals surface area (Å²) in [6.45, 7) is 13.5. The van der Waals surface area contributed by atoms with Gasteiger partial charge >= 0.3 is 0 Å². The summed E-state index contributed by atoms with van der Waals surface area (Å²) in [6.07, 6.45) is 0. The molecular formula is C92H70BN3O. The first kappa shape index (κ1) is 58.0. The van der Waals surface area contributed by atoms with Crippen molar-refractivity contribution < 1.29 is 4.42 Å². The molecule has 0 unspecified atom stereocenters. The Morgan fingerprint density at radius 1 is 0.289 bits per heavy atom. The van der Waals surface area contributed by atoms with Gasteiger partial charge < -0.3 is 18.8 Å². The molecule has 0 N–H and O–H groups in total. The highest BCUT2D eigenvalue weighted by Crippen LogP contribution is 2.56. The predicted molar refractivity (Wildman–Crippen MR) is 412 cm³/mol. The van der Waals surface area contributed by atoms with Crippen LogP contribution in [-0.4, -0.2) is 11.3 Å². The lowest BCUT2D eigenvalue weighted by molar-refractivity contribution is 0.590. The predicted octanol–water partition coefficient (Wildman–Crippen LogP) is 23.4. The van der Waals surface area contributed by atoms with Gasteiger partial charge in [-0.25, -0.2) is 0 Å². The normalized spacial score (nSPS) is 12.8. The molecule has 4 heterocycles. The minimum Gasteiger partial charge on any atom is -0.454 e. The van der Waals surface area contributed by atoms with E-state index in [9.17, 15) is 0 Å². The summed E-state index contributed by atoms with van der Waals surface area (Å²) < 4.78 is 10.2. The summed E-state index contributed by atoms with van der Waals surface area (Å²) in [6, 6.07) is 118. The molecule has 0 amide bonds. The molecule has 14 aromatic carbocycles. The van der Waals surface area contributed by atoms with Crippen LogP contribution in [0.15, 0.2) is 320 Å². The Morgan fingerprint density at radius 3 is 1.20 bits per heavy atom. The minimum atomic E-state index is -0.350. The molecule has 0 atom stereocenters. The van der Waals surface area contributed by atoms with E-state index in [1.165, 1.54) is 32.8 Å². The van der Waals surface area contributed by atoms with E-state index in [4.69, 9.17) is 4.42 Å². The Balaban J connectivity index is 1.05. The number of hydrogen-bond donors (Lipinski definition) is 0. The van der Waals surface area contributed by atoms with Crippen molar-refractivity contribution in [3.63, 3.8) is 0 Å². The summed E-state index contributed by atoms with van der Waals surface area (Å²) in [4.78, 5) is 5.31. The van der Waals surface area contributed by atoms with Crippen molar-refractivity contribution in [3.05, 3.63) is 327 Å². The fraction of sp³-hybridized carbons (Fsp3) is 0.0870. The third kappa shape index (κ3) is 9.42. The quantitative estimate of drug-likeness (QED) is 0.135. The minimum absolute atomic E-state index is 0.0430. The number of benzene rings is 14. The summed E-state index contributed by atoms with van der Waals surface area (Å²) in [5.41, 5.74) is 31.1. The number of furan rings is 1. The molecule has 2 aliphatic rings. The van der Waals surface area contributed by atoms with Crippen LogP contribution in [-0.2, 0) is 10.8 Å². The molecule has 16 aromatic rings. The third-order valence-electron chi connectivity index (χ3n) is 20.5. The van der Waals surface area contributed by atoms with E-state index in [2.05, 4.69) is 371 Å². The molecule has 0 saturated heterocycles. The zero-order valence-electron chi connectivity index (χ0n) is 55.3. The molecule has 0 aliphatic carbocycles. The zero-order valence-corrected chi connectivity index (χ0v) is 55.3. The van der Waals surface area contributed by atoms with Crippen LogP contribution < -0.4 is 26.2 Å². The van der Waals surface area contributed by atoms with Crippen molar-refractivity contribution in [3.8, 4) is 72.4 Å². The van der Waals surface area contributed by atoms with E-state index < -0.39 is 0 Å². The molecule has 5 heteroatoms. The van der Waals surface area contributed by atoms with Crippen molar-refractivity contribution in [2.75, 3.05) is 9.80 Å². The smallest absolute Gasteiger partial charge is 0.252 e. The van der Waals surface area contributed by atoms with E-state index in [1.54, 1.807) is 0 Å². The molecule has 0 spiro atoms. The standard InChI is InChI=1S/C92H70BN3O/c1-91(2,3)65-49-45-63(46-50-65)70-40-26-41-71(64-47-51-66(52-48-64)92(4,5)6)87(70)95-82-54-53-67(94-80-42-22-19-35-72(80)73-36-20-23-43-81(73)94)55-78(82)93-79-56-75(61-31-15-9-16-32-61)76(62-33-17-10-18-34-62)57-83(79)96(89-86(93)84(95)58-77-74-37-21-24-44-85(74)97-90(77)89)88-68(59-27-11-7-12-28-59)38-25-39-69(88)60-29-13-8-14-30-60/h7-58H,1-6H3. The lowest BCUT2D eigenvalue weighted by Crippen LogP contribution is -2.61. The van der Waals surface area contributed by atoms with Gasteiger partial charge in [0.15, 0.2) is 5.58 Å². The number of nitrogens with zero attached hydrogens (tertiary/aromatic N) is 3. The van der Waals surface area contributed by atoms with Gasteiger partial charge in [0, 0.05) is 66.5 Å². The van der Waals surface area contributed by atoms with E-state index in [0.29, 0.717) is 0 Å². The summed E-state index contributed by atoms with van der Waals surface area (Å²) in [5.74, 6) is 0. The Bertz CT molecular complexity index is 5570. The Labute approximate surface area is 567 Å². The van der Waals surface area contributed by atoms with Gasteiger partial charge in [-0.1, -0.05) is 308 Å². The second-order valence-corrected chi connectivity index (χ2v) is 28.3. The van der Waals surface area contributed by atoms with Crippen molar-refractivity contribution in [1.82, 2.24) is 4.57 Å². The van der Waals surface area contributed by atoms with Gasteiger partial charge in [0.2, 0.25) is 0 Å². The molecule has 18 rings (SSSR count). The van der Waals surface area contributed by atoms with E-state index in [1.807, 2.05) is 0 Å². The van der Waals surface area contributed by atoms with Crippen LogP contribution >= 0.6 is 0 Å². The number of hydrogen-bond acceptors (Lipinski definition) is 3. The maximum Gasteiger partial charge on any atom is 0.252 e. The maximum absolute atomic E-state index is 7.70. The monoisotopic (exact) mass is 1240 g/mol. The third-order valence-corrected chi connectivity index (χ3v) is 20.5. The summed E-state index contributed by atoms with van der Waals surface area (Å²) in [7, 11) is 0. The van der Waals surface area contributed by atoms with Gasteiger partial charge in [0.1, 0.15) is 5.58 Å². The Kier molecular flexibility index (Phi) is 13.4. The number of anilines is 6. The van der Waals surface area contributed by atoms with Crippen LogP contribution in [0.3, 0.4) is 0 Å². The number of rotatable bonds is 9. The van der Waals surface area contributed by atoms with Gasteiger partial charge in [0.05, 0.1) is 28.1 Å². The molecule has 2 aromatic heterocycles. The van der Waals surface area contributed by atoms with Crippen molar-refractivity contribution >= 4 is 101 Å². The molecule has 97 heavy (non-hydrogen) atoms. The molecule has 0 bridgehead atoms.